The third-order valence-electron chi connectivity index (χ3n) is 2.97. The lowest BCUT2D eigenvalue weighted by molar-refractivity contribution is 0.413. The summed E-state index contributed by atoms with van der Waals surface area (Å²) >= 11 is 1.61. The zero-order valence-corrected chi connectivity index (χ0v) is 14.6. The maximum atomic E-state index is 12.5. The standard InChI is InChI=1S/C14H24N2O3S2/c1-11(10-20-4)16-21(17,18)14-6-5-13(19-3)9-12(14)7-8-15-2/h5-6,9,11,15-16H,7-8,10H2,1-4H3. The molecule has 1 atom stereocenters. The van der Waals surface area contributed by atoms with Gasteiger partial charge in [0.15, 0.2) is 0 Å². The Morgan fingerprint density at radius 2 is 2.10 bits per heavy atom. The topological polar surface area (TPSA) is 67.4 Å². The van der Waals surface area contributed by atoms with E-state index in [-0.39, 0.29) is 6.04 Å². The van der Waals surface area contributed by atoms with Crippen LogP contribution in [0.4, 0.5) is 0 Å². The number of likely N-dealkylation sites (N-methyl/N-ethyl adjacent to an activating group) is 1. The Hall–Kier alpha value is -0.760. The fraction of sp³-hybridized carbons (Fsp3) is 0.571. The molecule has 0 saturated carbocycles. The number of thioether (sulfide) groups is 1. The minimum atomic E-state index is -3.51. The molecule has 0 aliphatic heterocycles. The summed E-state index contributed by atoms with van der Waals surface area (Å²) in [4.78, 5) is 0.325. The van der Waals surface area contributed by atoms with Gasteiger partial charge in [-0.3, -0.25) is 0 Å². The Balaban J connectivity index is 3.08. The van der Waals surface area contributed by atoms with Crippen molar-refractivity contribution in [2.24, 2.45) is 0 Å². The highest BCUT2D eigenvalue weighted by Gasteiger charge is 2.21. The summed E-state index contributed by atoms with van der Waals surface area (Å²) in [5.41, 5.74) is 0.757. The van der Waals surface area contributed by atoms with Crippen LogP contribution in [-0.2, 0) is 16.4 Å². The second-order valence-electron chi connectivity index (χ2n) is 4.80. The first-order valence-electron chi connectivity index (χ1n) is 6.77. The number of methoxy groups -OCH3 is 1. The van der Waals surface area contributed by atoms with Crippen LogP contribution in [0.2, 0.25) is 0 Å². The summed E-state index contributed by atoms with van der Waals surface area (Å²) in [5, 5.41) is 3.03. The summed E-state index contributed by atoms with van der Waals surface area (Å²) < 4.78 is 32.9. The molecule has 1 unspecified atom stereocenters. The fourth-order valence-electron chi connectivity index (χ4n) is 2.01. The second-order valence-corrected chi connectivity index (χ2v) is 7.40. The van der Waals surface area contributed by atoms with E-state index in [2.05, 4.69) is 10.0 Å². The third kappa shape index (κ3) is 5.50. The highest BCUT2D eigenvalue weighted by Crippen LogP contribution is 2.22. The average Bonchev–Trinajstić information content (AvgIpc) is 2.44. The molecule has 1 aromatic carbocycles. The van der Waals surface area contributed by atoms with Crippen molar-refractivity contribution in [3.05, 3.63) is 23.8 Å². The third-order valence-corrected chi connectivity index (χ3v) is 5.50. The van der Waals surface area contributed by atoms with E-state index in [4.69, 9.17) is 4.74 Å². The molecular weight excluding hydrogens is 308 g/mol. The predicted octanol–water partition coefficient (Wildman–Crippen LogP) is 1.49. The van der Waals surface area contributed by atoms with Crippen molar-refractivity contribution in [2.75, 3.05) is 32.7 Å². The van der Waals surface area contributed by atoms with E-state index in [0.29, 0.717) is 23.6 Å². The lowest BCUT2D eigenvalue weighted by atomic mass is 10.1. The van der Waals surface area contributed by atoms with Crippen LogP contribution >= 0.6 is 11.8 Å². The molecule has 0 aliphatic carbocycles. The van der Waals surface area contributed by atoms with E-state index >= 15 is 0 Å². The molecule has 0 fully saturated rings. The molecule has 2 N–H and O–H groups in total. The van der Waals surface area contributed by atoms with E-state index < -0.39 is 10.0 Å². The predicted molar refractivity (Wildman–Crippen MR) is 88.8 cm³/mol. The first-order valence-corrected chi connectivity index (χ1v) is 9.65. The summed E-state index contributed by atoms with van der Waals surface area (Å²) in [7, 11) is -0.100. The molecule has 0 amide bonds. The Labute approximate surface area is 131 Å². The van der Waals surface area contributed by atoms with Gasteiger partial charge in [-0.05, 0) is 57.0 Å². The molecule has 21 heavy (non-hydrogen) atoms. The van der Waals surface area contributed by atoms with Crippen LogP contribution in [0, 0.1) is 0 Å². The minimum Gasteiger partial charge on any atom is -0.497 e. The van der Waals surface area contributed by atoms with Crippen LogP contribution in [0.5, 0.6) is 5.75 Å². The van der Waals surface area contributed by atoms with E-state index in [1.165, 1.54) is 0 Å². The summed E-state index contributed by atoms with van der Waals surface area (Å²) in [6.45, 7) is 2.57. The lowest BCUT2D eigenvalue weighted by Crippen LogP contribution is -2.34. The van der Waals surface area contributed by atoms with Crippen molar-refractivity contribution in [1.82, 2.24) is 10.0 Å². The van der Waals surface area contributed by atoms with Crippen LogP contribution in [0.25, 0.3) is 0 Å². The zero-order valence-electron chi connectivity index (χ0n) is 13.0. The number of benzene rings is 1. The maximum Gasteiger partial charge on any atom is 0.241 e. The fourth-order valence-corrected chi connectivity index (χ4v) is 4.19. The molecule has 5 nitrogen and oxygen atoms in total. The molecule has 0 heterocycles. The molecule has 1 rings (SSSR count). The van der Waals surface area contributed by atoms with E-state index in [9.17, 15) is 8.42 Å². The number of nitrogens with one attached hydrogen (secondary N) is 2. The van der Waals surface area contributed by atoms with Gasteiger partial charge >= 0.3 is 0 Å². The van der Waals surface area contributed by atoms with Gasteiger partial charge in [0.1, 0.15) is 5.75 Å². The van der Waals surface area contributed by atoms with Crippen molar-refractivity contribution >= 4 is 21.8 Å². The summed E-state index contributed by atoms with van der Waals surface area (Å²) in [6, 6.07) is 4.96. The van der Waals surface area contributed by atoms with Crippen LogP contribution in [-0.4, -0.2) is 47.2 Å². The molecule has 0 aliphatic rings. The van der Waals surface area contributed by atoms with Crippen molar-refractivity contribution < 1.29 is 13.2 Å². The van der Waals surface area contributed by atoms with Gasteiger partial charge in [-0.1, -0.05) is 0 Å². The van der Waals surface area contributed by atoms with Gasteiger partial charge in [0.25, 0.3) is 0 Å². The molecule has 0 aromatic heterocycles. The second kappa shape index (κ2) is 8.63. The number of sulfonamides is 1. The summed E-state index contributed by atoms with van der Waals surface area (Å²) in [6.07, 6.45) is 2.58. The van der Waals surface area contributed by atoms with Gasteiger partial charge in [0, 0.05) is 11.8 Å². The molecule has 0 radical (unpaired) electrons. The van der Waals surface area contributed by atoms with Crippen LogP contribution < -0.4 is 14.8 Å². The smallest absolute Gasteiger partial charge is 0.241 e. The Morgan fingerprint density at radius 1 is 1.38 bits per heavy atom. The Kier molecular flexibility index (Phi) is 7.51. The Bertz CT molecular complexity index is 547. The Morgan fingerprint density at radius 3 is 2.67 bits per heavy atom. The quantitative estimate of drug-likeness (QED) is 0.717. The van der Waals surface area contributed by atoms with E-state index in [1.807, 2.05) is 20.2 Å². The average molecular weight is 332 g/mol. The van der Waals surface area contributed by atoms with Gasteiger partial charge < -0.3 is 10.1 Å². The molecule has 120 valence electrons. The normalized spacial score (nSPS) is 13.1. The van der Waals surface area contributed by atoms with Crippen molar-refractivity contribution in [3.8, 4) is 5.75 Å². The molecule has 0 saturated heterocycles. The SMILES string of the molecule is CNCCc1cc(OC)ccc1S(=O)(=O)NC(C)CSC. The summed E-state index contributed by atoms with van der Waals surface area (Å²) in [5.74, 6) is 1.40. The highest BCUT2D eigenvalue weighted by atomic mass is 32.2. The molecule has 1 aromatic rings. The maximum absolute atomic E-state index is 12.5. The zero-order chi connectivity index (χ0) is 15.9. The minimum absolute atomic E-state index is 0.107. The van der Waals surface area contributed by atoms with Crippen LogP contribution in [0.15, 0.2) is 23.1 Å². The number of hydrogen-bond donors (Lipinski definition) is 2. The molecule has 0 spiro atoms. The largest absolute Gasteiger partial charge is 0.497 e. The van der Waals surface area contributed by atoms with Gasteiger partial charge in [-0.15, -0.1) is 0 Å². The van der Waals surface area contributed by atoms with Crippen LogP contribution in [0.1, 0.15) is 12.5 Å². The lowest BCUT2D eigenvalue weighted by Gasteiger charge is -2.16. The van der Waals surface area contributed by atoms with Gasteiger partial charge in [-0.25, -0.2) is 13.1 Å². The van der Waals surface area contributed by atoms with Crippen LogP contribution in [0.3, 0.4) is 0 Å². The first-order chi connectivity index (χ1) is 9.94. The van der Waals surface area contributed by atoms with Crippen molar-refractivity contribution in [3.63, 3.8) is 0 Å². The first kappa shape index (κ1) is 18.3. The van der Waals surface area contributed by atoms with Gasteiger partial charge in [-0.2, -0.15) is 11.8 Å². The number of ether oxygens (including phenoxy) is 1. The van der Waals surface area contributed by atoms with E-state index in [0.717, 1.165) is 11.3 Å². The van der Waals surface area contributed by atoms with Crippen molar-refractivity contribution in [1.29, 1.82) is 0 Å². The van der Waals surface area contributed by atoms with E-state index in [1.54, 1.807) is 37.1 Å². The van der Waals surface area contributed by atoms with Gasteiger partial charge in [0.2, 0.25) is 10.0 Å². The highest BCUT2D eigenvalue weighted by molar-refractivity contribution is 7.98. The van der Waals surface area contributed by atoms with Crippen molar-refractivity contribution in [2.45, 2.75) is 24.3 Å². The number of hydrogen-bond acceptors (Lipinski definition) is 5. The molecule has 0 bridgehead atoms. The number of rotatable bonds is 9. The monoisotopic (exact) mass is 332 g/mol. The molecule has 7 heteroatoms. The van der Waals surface area contributed by atoms with Gasteiger partial charge in [0.05, 0.1) is 12.0 Å². The molecular formula is C14H24N2O3S2.